The molecule has 1 saturated heterocycles. The third-order valence-corrected chi connectivity index (χ3v) is 4.68. The SMILES string of the molecule is O=C(O)c1cccnc1CN1CCCC[C@H]1CCc1ccccn1. The first-order chi connectivity index (χ1) is 11.7. The number of carboxylic acids is 1. The Morgan fingerprint density at radius 1 is 1.17 bits per heavy atom. The Morgan fingerprint density at radius 3 is 2.83 bits per heavy atom. The number of piperidine rings is 1. The second-order valence-electron chi connectivity index (χ2n) is 6.28. The second-order valence-corrected chi connectivity index (χ2v) is 6.28. The molecule has 5 heteroatoms. The lowest BCUT2D eigenvalue weighted by molar-refractivity contribution is 0.0690. The van der Waals surface area contributed by atoms with E-state index in [9.17, 15) is 9.90 Å². The fourth-order valence-electron chi connectivity index (χ4n) is 3.41. The average Bonchev–Trinajstić information content (AvgIpc) is 2.62. The summed E-state index contributed by atoms with van der Waals surface area (Å²) in [6, 6.07) is 9.80. The Morgan fingerprint density at radius 2 is 2.04 bits per heavy atom. The van der Waals surface area contributed by atoms with E-state index >= 15 is 0 Å². The van der Waals surface area contributed by atoms with E-state index in [0.717, 1.165) is 37.9 Å². The average molecular weight is 325 g/mol. The quantitative estimate of drug-likeness (QED) is 0.883. The van der Waals surface area contributed by atoms with Crippen LogP contribution in [0.5, 0.6) is 0 Å². The van der Waals surface area contributed by atoms with Crippen LogP contribution >= 0.6 is 0 Å². The third kappa shape index (κ3) is 4.17. The monoisotopic (exact) mass is 325 g/mol. The molecule has 3 heterocycles. The number of likely N-dealkylation sites (tertiary alicyclic amines) is 1. The lowest BCUT2D eigenvalue weighted by atomic mass is 9.96. The van der Waals surface area contributed by atoms with Crippen LogP contribution in [-0.4, -0.2) is 38.5 Å². The van der Waals surface area contributed by atoms with Gasteiger partial charge in [0, 0.05) is 30.7 Å². The van der Waals surface area contributed by atoms with E-state index in [1.807, 2.05) is 18.3 Å². The standard InChI is InChI=1S/C19H23N3O2/c23-19(24)17-8-5-12-21-18(17)14-22-13-4-2-7-16(22)10-9-15-6-1-3-11-20-15/h1,3,5-6,8,11-12,16H,2,4,7,9-10,13-14H2,(H,23,24)/t16-/m0/s1. The molecule has 0 bridgehead atoms. The summed E-state index contributed by atoms with van der Waals surface area (Å²) >= 11 is 0. The molecule has 0 amide bonds. The number of aromatic nitrogens is 2. The van der Waals surface area contributed by atoms with Gasteiger partial charge >= 0.3 is 5.97 Å². The summed E-state index contributed by atoms with van der Waals surface area (Å²) < 4.78 is 0. The Labute approximate surface area is 142 Å². The number of aromatic carboxylic acids is 1. The zero-order chi connectivity index (χ0) is 16.8. The fourth-order valence-corrected chi connectivity index (χ4v) is 3.41. The zero-order valence-corrected chi connectivity index (χ0v) is 13.8. The Balaban J connectivity index is 1.67. The minimum absolute atomic E-state index is 0.312. The summed E-state index contributed by atoms with van der Waals surface area (Å²) in [6.07, 6.45) is 9.06. The van der Waals surface area contributed by atoms with Crippen molar-refractivity contribution in [2.24, 2.45) is 0 Å². The number of carboxylic acid groups (broad SMARTS) is 1. The maximum absolute atomic E-state index is 11.4. The molecule has 0 spiro atoms. The molecule has 2 aromatic rings. The van der Waals surface area contributed by atoms with Crippen molar-refractivity contribution in [2.75, 3.05) is 6.54 Å². The molecular weight excluding hydrogens is 302 g/mol. The van der Waals surface area contributed by atoms with Gasteiger partial charge in [-0.05, 0) is 56.5 Å². The van der Waals surface area contributed by atoms with Crippen LogP contribution in [0.1, 0.15) is 47.4 Å². The first-order valence-corrected chi connectivity index (χ1v) is 8.55. The van der Waals surface area contributed by atoms with E-state index in [0.29, 0.717) is 23.8 Å². The highest BCUT2D eigenvalue weighted by Crippen LogP contribution is 2.23. The van der Waals surface area contributed by atoms with Crippen LogP contribution in [0.25, 0.3) is 0 Å². The topological polar surface area (TPSA) is 66.3 Å². The van der Waals surface area contributed by atoms with Crippen molar-refractivity contribution in [2.45, 2.75) is 44.7 Å². The molecule has 0 unspecified atom stereocenters. The molecule has 3 rings (SSSR count). The van der Waals surface area contributed by atoms with E-state index in [2.05, 4.69) is 20.9 Å². The van der Waals surface area contributed by atoms with Crippen LogP contribution in [0.2, 0.25) is 0 Å². The predicted octanol–water partition coefficient (Wildman–Crippen LogP) is 3.16. The highest BCUT2D eigenvalue weighted by atomic mass is 16.4. The van der Waals surface area contributed by atoms with Gasteiger partial charge in [-0.15, -0.1) is 0 Å². The smallest absolute Gasteiger partial charge is 0.337 e. The molecule has 0 saturated carbocycles. The van der Waals surface area contributed by atoms with Crippen LogP contribution < -0.4 is 0 Å². The van der Waals surface area contributed by atoms with Crippen LogP contribution in [0, 0.1) is 0 Å². The molecule has 0 aromatic carbocycles. The van der Waals surface area contributed by atoms with Gasteiger partial charge < -0.3 is 5.11 Å². The van der Waals surface area contributed by atoms with E-state index in [4.69, 9.17) is 0 Å². The Bertz CT molecular complexity index is 675. The van der Waals surface area contributed by atoms with Crippen LogP contribution in [0.3, 0.4) is 0 Å². The molecule has 1 N–H and O–H groups in total. The van der Waals surface area contributed by atoms with Gasteiger partial charge in [-0.2, -0.15) is 0 Å². The number of carbonyl (C=O) groups is 1. The van der Waals surface area contributed by atoms with Gasteiger partial charge in [0.1, 0.15) is 0 Å². The van der Waals surface area contributed by atoms with E-state index in [1.54, 1.807) is 18.3 Å². The van der Waals surface area contributed by atoms with Gasteiger partial charge in [-0.1, -0.05) is 12.5 Å². The fraction of sp³-hybridized carbons (Fsp3) is 0.421. The van der Waals surface area contributed by atoms with Crippen molar-refractivity contribution >= 4 is 5.97 Å². The van der Waals surface area contributed by atoms with E-state index in [-0.39, 0.29) is 0 Å². The highest BCUT2D eigenvalue weighted by Gasteiger charge is 2.24. The number of pyridine rings is 2. The van der Waals surface area contributed by atoms with Gasteiger partial charge in [0.25, 0.3) is 0 Å². The van der Waals surface area contributed by atoms with Crippen molar-refractivity contribution < 1.29 is 9.90 Å². The number of hydrogen-bond acceptors (Lipinski definition) is 4. The van der Waals surface area contributed by atoms with Crippen molar-refractivity contribution in [1.29, 1.82) is 0 Å². The lowest BCUT2D eigenvalue weighted by Gasteiger charge is -2.35. The maximum Gasteiger partial charge on any atom is 0.337 e. The van der Waals surface area contributed by atoms with Gasteiger partial charge in [-0.3, -0.25) is 14.9 Å². The summed E-state index contributed by atoms with van der Waals surface area (Å²) in [4.78, 5) is 22.5. The molecule has 0 aliphatic carbocycles. The minimum atomic E-state index is -0.903. The third-order valence-electron chi connectivity index (χ3n) is 4.68. The number of nitrogens with zero attached hydrogens (tertiary/aromatic N) is 3. The normalized spacial score (nSPS) is 18.4. The molecule has 0 radical (unpaired) electrons. The van der Waals surface area contributed by atoms with Gasteiger partial charge in [0.05, 0.1) is 11.3 Å². The summed E-state index contributed by atoms with van der Waals surface area (Å²) in [5, 5.41) is 9.35. The Hall–Kier alpha value is -2.27. The maximum atomic E-state index is 11.4. The summed E-state index contributed by atoms with van der Waals surface area (Å²) in [5.41, 5.74) is 2.09. The van der Waals surface area contributed by atoms with Crippen LogP contribution in [-0.2, 0) is 13.0 Å². The molecule has 126 valence electrons. The number of rotatable bonds is 6. The van der Waals surface area contributed by atoms with Crippen molar-refractivity contribution in [1.82, 2.24) is 14.9 Å². The van der Waals surface area contributed by atoms with Crippen molar-refractivity contribution in [3.63, 3.8) is 0 Å². The Kier molecular flexibility index (Phi) is 5.54. The molecular formula is C19H23N3O2. The summed E-state index contributed by atoms with van der Waals surface area (Å²) in [6.45, 7) is 1.61. The van der Waals surface area contributed by atoms with E-state index in [1.165, 1.54) is 6.42 Å². The zero-order valence-electron chi connectivity index (χ0n) is 13.8. The molecule has 2 aromatic heterocycles. The lowest BCUT2D eigenvalue weighted by Crippen LogP contribution is -2.39. The summed E-state index contributed by atoms with van der Waals surface area (Å²) in [7, 11) is 0. The molecule has 1 aliphatic heterocycles. The largest absolute Gasteiger partial charge is 0.478 e. The minimum Gasteiger partial charge on any atom is -0.478 e. The van der Waals surface area contributed by atoms with Gasteiger partial charge in [0.2, 0.25) is 0 Å². The predicted molar refractivity (Wildman–Crippen MR) is 91.8 cm³/mol. The highest BCUT2D eigenvalue weighted by molar-refractivity contribution is 5.88. The van der Waals surface area contributed by atoms with Crippen LogP contribution in [0.15, 0.2) is 42.7 Å². The summed E-state index contributed by atoms with van der Waals surface area (Å²) in [5.74, 6) is -0.903. The molecule has 1 aliphatic rings. The van der Waals surface area contributed by atoms with Crippen molar-refractivity contribution in [3.8, 4) is 0 Å². The van der Waals surface area contributed by atoms with Crippen LogP contribution in [0.4, 0.5) is 0 Å². The number of aryl methyl sites for hydroxylation is 1. The van der Waals surface area contributed by atoms with Crippen molar-refractivity contribution in [3.05, 3.63) is 59.7 Å². The molecule has 1 fully saturated rings. The van der Waals surface area contributed by atoms with E-state index < -0.39 is 5.97 Å². The van der Waals surface area contributed by atoms with Gasteiger partial charge in [0.15, 0.2) is 0 Å². The first-order valence-electron chi connectivity index (χ1n) is 8.55. The first kappa shape index (κ1) is 16.6. The van der Waals surface area contributed by atoms with Gasteiger partial charge in [-0.25, -0.2) is 4.79 Å². The second kappa shape index (κ2) is 8.02. The molecule has 5 nitrogen and oxygen atoms in total. The number of hydrogen-bond donors (Lipinski definition) is 1. The molecule has 24 heavy (non-hydrogen) atoms. The molecule has 1 atom stereocenters.